The van der Waals surface area contributed by atoms with Crippen molar-refractivity contribution in [3.05, 3.63) is 105 Å². The van der Waals surface area contributed by atoms with Gasteiger partial charge in [-0.1, -0.05) is 24.3 Å². The van der Waals surface area contributed by atoms with Crippen LogP contribution in [0.15, 0.2) is 82.4 Å². The molecule has 8 heteroatoms. The maximum atomic E-state index is 12.9. The Hall–Kier alpha value is -4.46. The first-order valence-corrected chi connectivity index (χ1v) is 9.32. The highest BCUT2D eigenvalue weighted by Gasteiger charge is 2.13. The van der Waals surface area contributed by atoms with Gasteiger partial charge in [-0.15, -0.1) is 0 Å². The number of hydrogen-bond acceptors (Lipinski definition) is 5. The highest BCUT2D eigenvalue weighted by molar-refractivity contribution is 6.06. The summed E-state index contributed by atoms with van der Waals surface area (Å²) in [6, 6.07) is 19.3. The summed E-state index contributed by atoms with van der Waals surface area (Å²) < 4.78 is 5.72. The number of nitrogens with one attached hydrogen (secondary N) is 2. The van der Waals surface area contributed by atoms with Crippen LogP contribution in [0.1, 0.15) is 20.7 Å². The normalized spacial score (nSPS) is 10.6. The molecule has 0 radical (unpaired) electrons. The van der Waals surface area contributed by atoms with Crippen molar-refractivity contribution in [3.8, 4) is 5.69 Å². The quantitative estimate of drug-likeness (QED) is 0.498. The van der Waals surface area contributed by atoms with Gasteiger partial charge in [0.15, 0.2) is 0 Å². The van der Waals surface area contributed by atoms with Gasteiger partial charge in [-0.25, -0.2) is 14.2 Å². The van der Waals surface area contributed by atoms with Gasteiger partial charge in [0.05, 0.1) is 29.3 Å². The van der Waals surface area contributed by atoms with Crippen LogP contribution in [0, 0.1) is 0 Å². The SMILES string of the molecule is COC(=O)c1cccc(NC(=O)c2ccc3c(=O)n(-c4ccccc4)c(=O)[nH]c3c2)c1. The molecule has 0 aliphatic carbocycles. The van der Waals surface area contributed by atoms with Crippen LogP contribution in [-0.4, -0.2) is 28.5 Å². The first-order chi connectivity index (χ1) is 15.0. The first-order valence-electron chi connectivity index (χ1n) is 9.32. The number of rotatable bonds is 4. The third-order valence-electron chi connectivity index (χ3n) is 4.72. The minimum absolute atomic E-state index is 0.239. The summed E-state index contributed by atoms with van der Waals surface area (Å²) in [4.78, 5) is 52.4. The fraction of sp³-hybridized carbons (Fsp3) is 0.0435. The predicted octanol–water partition coefficient (Wildman–Crippen LogP) is 2.72. The molecule has 1 amide bonds. The molecule has 4 rings (SSSR count). The zero-order valence-corrected chi connectivity index (χ0v) is 16.4. The molecule has 0 spiro atoms. The number of nitrogens with zero attached hydrogens (tertiary/aromatic N) is 1. The molecule has 0 atom stereocenters. The van der Waals surface area contributed by atoms with E-state index in [0.29, 0.717) is 16.9 Å². The summed E-state index contributed by atoms with van der Waals surface area (Å²) in [7, 11) is 1.27. The molecule has 1 heterocycles. The molecular formula is C23H17N3O5. The van der Waals surface area contributed by atoms with Crippen molar-refractivity contribution in [2.45, 2.75) is 0 Å². The van der Waals surface area contributed by atoms with Crippen molar-refractivity contribution < 1.29 is 14.3 Å². The molecule has 2 N–H and O–H groups in total. The van der Waals surface area contributed by atoms with E-state index in [0.717, 1.165) is 4.57 Å². The van der Waals surface area contributed by atoms with Crippen molar-refractivity contribution in [2.24, 2.45) is 0 Å². The zero-order chi connectivity index (χ0) is 22.0. The van der Waals surface area contributed by atoms with E-state index < -0.39 is 23.1 Å². The van der Waals surface area contributed by atoms with Crippen molar-refractivity contribution in [3.63, 3.8) is 0 Å². The van der Waals surface area contributed by atoms with Crippen LogP contribution in [0.2, 0.25) is 0 Å². The van der Waals surface area contributed by atoms with Crippen molar-refractivity contribution in [2.75, 3.05) is 12.4 Å². The average Bonchev–Trinajstić information content (AvgIpc) is 2.79. The molecule has 154 valence electrons. The van der Waals surface area contributed by atoms with E-state index in [-0.39, 0.29) is 16.5 Å². The summed E-state index contributed by atoms with van der Waals surface area (Å²) in [5, 5.41) is 2.96. The van der Waals surface area contributed by atoms with Gasteiger partial charge in [0.1, 0.15) is 0 Å². The van der Waals surface area contributed by atoms with Gasteiger partial charge in [0.2, 0.25) is 0 Å². The summed E-state index contributed by atoms with van der Waals surface area (Å²) in [6.45, 7) is 0. The van der Waals surface area contributed by atoms with Crippen molar-refractivity contribution in [1.29, 1.82) is 0 Å². The number of methoxy groups -OCH3 is 1. The molecule has 1 aromatic heterocycles. The molecule has 31 heavy (non-hydrogen) atoms. The molecule has 0 aliphatic heterocycles. The number of para-hydroxylation sites is 1. The second kappa shape index (κ2) is 8.11. The van der Waals surface area contributed by atoms with Crippen LogP contribution in [0.25, 0.3) is 16.6 Å². The second-order valence-electron chi connectivity index (χ2n) is 6.69. The van der Waals surface area contributed by atoms with E-state index in [1.165, 1.54) is 31.4 Å². The molecule has 0 bridgehead atoms. The second-order valence-corrected chi connectivity index (χ2v) is 6.69. The molecule has 0 unspecified atom stereocenters. The number of carbonyl (C=O) groups excluding carboxylic acids is 2. The number of aromatic nitrogens is 2. The number of benzene rings is 3. The van der Waals surface area contributed by atoms with E-state index in [9.17, 15) is 19.2 Å². The van der Waals surface area contributed by atoms with E-state index in [2.05, 4.69) is 15.0 Å². The fourth-order valence-corrected chi connectivity index (χ4v) is 3.22. The standard InChI is InChI=1S/C23H17N3O5/c1-31-22(29)15-6-5-7-16(12-15)24-20(27)14-10-11-18-19(13-14)25-23(30)26(21(18)28)17-8-3-2-4-9-17/h2-13H,1H3,(H,24,27)(H,25,30). The highest BCUT2D eigenvalue weighted by Crippen LogP contribution is 2.15. The van der Waals surface area contributed by atoms with Crippen LogP contribution < -0.4 is 16.6 Å². The number of fused-ring (bicyclic) bond motifs is 1. The molecular weight excluding hydrogens is 398 g/mol. The Bertz CT molecular complexity index is 1420. The lowest BCUT2D eigenvalue weighted by Gasteiger charge is -2.09. The Balaban J connectivity index is 1.69. The fourth-order valence-electron chi connectivity index (χ4n) is 3.22. The van der Waals surface area contributed by atoms with E-state index in [1.807, 2.05) is 0 Å². The lowest BCUT2D eigenvalue weighted by molar-refractivity contribution is 0.0600. The van der Waals surface area contributed by atoms with Gasteiger partial charge in [0.25, 0.3) is 11.5 Å². The third-order valence-corrected chi connectivity index (χ3v) is 4.72. The molecule has 0 fully saturated rings. The van der Waals surface area contributed by atoms with E-state index >= 15 is 0 Å². The number of carbonyl (C=O) groups is 2. The topological polar surface area (TPSA) is 110 Å². The number of H-pyrrole nitrogens is 1. The van der Waals surface area contributed by atoms with Gasteiger partial charge in [-0.2, -0.15) is 0 Å². The Morgan fingerprint density at radius 2 is 1.68 bits per heavy atom. The van der Waals surface area contributed by atoms with Crippen LogP contribution in [0.5, 0.6) is 0 Å². The van der Waals surface area contributed by atoms with Gasteiger partial charge in [0, 0.05) is 11.3 Å². The molecule has 4 aromatic rings. The number of anilines is 1. The minimum Gasteiger partial charge on any atom is -0.465 e. The smallest absolute Gasteiger partial charge is 0.337 e. The number of hydrogen-bond donors (Lipinski definition) is 2. The maximum Gasteiger partial charge on any atom is 0.337 e. The Labute approximate surface area is 175 Å². The number of amides is 1. The Kier molecular flexibility index (Phi) is 5.19. The Morgan fingerprint density at radius 1 is 0.903 bits per heavy atom. The molecule has 0 saturated carbocycles. The summed E-state index contributed by atoms with van der Waals surface area (Å²) in [6.07, 6.45) is 0. The summed E-state index contributed by atoms with van der Waals surface area (Å²) in [5.74, 6) is -0.980. The van der Waals surface area contributed by atoms with Crippen molar-refractivity contribution in [1.82, 2.24) is 9.55 Å². The maximum absolute atomic E-state index is 12.9. The number of aromatic amines is 1. The lowest BCUT2D eigenvalue weighted by Crippen LogP contribution is -2.33. The lowest BCUT2D eigenvalue weighted by atomic mass is 10.1. The average molecular weight is 415 g/mol. The first kappa shape index (κ1) is 19.8. The largest absolute Gasteiger partial charge is 0.465 e. The molecule has 0 saturated heterocycles. The third kappa shape index (κ3) is 3.86. The number of esters is 1. The minimum atomic E-state index is -0.605. The van der Waals surface area contributed by atoms with Crippen LogP contribution in [0.4, 0.5) is 5.69 Å². The zero-order valence-electron chi connectivity index (χ0n) is 16.4. The van der Waals surface area contributed by atoms with Crippen LogP contribution >= 0.6 is 0 Å². The Morgan fingerprint density at radius 3 is 2.42 bits per heavy atom. The predicted molar refractivity (Wildman–Crippen MR) is 116 cm³/mol. The van der Waals surface area contributed by atoms with Crippen LogP contribution in [-0.2, 0) is 4.74 Å². The van der Waals surface area contributed by atoms with Crippen molar-refractivity contribution >= 4 is 28.5 Å². The monoisotopic (exact) mass is 415 g/mol. The van der Waals surface area contributed by atoms with Gasteiger partial charge >= 0.3 is 11.7 Å². The van der Waals surface area contributed by atoms with E-state index in [4.69, 9.17) is 0 Å². The van der Waals surface area contributed by atoms with Gasteiger partial charge in [-0.3, -0.25) is 9.59 Å². The highest BCUT2D eigenvalue weighted by atomic mass is 16.5. The number of ether oxygens (including phenoxy) is 1. The van der Waals surface area contributed by atoms with Gasteiger partial charge < -0.3 is 15.0 Å². The van der Waals surface area contributed by atoms with Crippen LogP contribution in [0.3, 0.4) is 0 Å². The van der Waals surface area contributed by atoms with Gasteiger partial charge in [-0.05, 0) is 48.5 Å². The molecule has 8 nitrogen and oxygen atoms in total. The summed E-state index contributed by atoms with van der Waals surface area (Å²) in [5.41, 5.74) is 0.546. The summed E-state index contributed by atoms with van der Waals surface area (Å²) >= 11 is 0. The molecule has 0 aliphatic rings. The molecule has 3 aromatic carbocycles. The van der Waals surface area contributed by atoms with E-state index in [1.54, 1.807) is 48.5 Å².